The molecule has 1 aliphatic heterocycles. The van der Waals surface area contributed by atoms with Crippen LogP contribution >= 0.6 is 24.0 Å². The maximum Gasteiger partial charge on any atom is 0.291 e. The second-order valence-corrected chi connectivity index (χ2v) is 6.07. The van der Waals surface area contributed by atoms with E-state index in [4.69, 9.17) is 16.0 Å². The van der Waals surface area contributed by atoms with Crippen molar-refractivity contribution in [2.75, 3.05) is 23.7 Å². The van der Waals surface area contributed by atoms with E-state index in [1.165, 1.54) is 6.26 Å². The van der Waals surface area contributed by atoms with Crippen LogP contribution in [0.4, 0.5) is 11.4 Å². The fourth-order valence-corrected chi connectivity index (χ4v) is 2.83. The Bertz CT molecular complexity index is 729. The van der Waals surface area contributed by atoms with E-state index in [9.17, 15) is 9.59 Å². The molecule has 3 rings (SSSR count). The van der Waals surface area contributed by atoms with E-state index in [-0.39, 0.29) is 35.9 Å². The van der Waals surface area contributed by atoms with Crippen LogP contribution in [0.1, 0.15) is 23.4 Å². The number of benzene rings is 1. The van der Waals surface area contributed by atoms with Crippen molar-refractivity contribution >= 4 is 47.2 Å². The summed E-state index contributed by atoms with van der Waals surface area (Å²) in [5, 5.41) is 9.09. The minimum atomic E-state index is -0.382. The van der Waals surface area contributed by atoms with Gasteiger partial charge in [0.25, 0.3) is 5.91 Å². The van der Waals surface area contributed by atoms with E-state index < -0.39 is 0 Å². The van der Waals surface area contributed by atoms with Crippen molar-refractivity contribution in [3.63, 3.8) is 0 Å². The number of piperidine rings is 1. The zero-order valence-corrected chi connectivity index (χ0v) is 15.0. The molecule has 0 spiro atoms. The Labute approximate surface area is 156 Å². The van der Waals surface area contributed by atoms with E-state index in [0.29, 0.717) is 22.9 Å². The molecule has 2 amide bonds. The van der Waals surface area contributed by atoms with Gasteiger partial charge in [0, 0.05) is 12.2 Å². The summed E-state index contributed by atoms with van der Waals surface area (Å²) in [6, 6.07) is 8.18. The van der Waals surface area contributed by atoms with Gasteiger partial charge in [-0.25, -0.2) is 0 Å². The minimum Gasteiger partial charge on any atom is -0.459 e. The number of hydrogen-bond donors (Lipinski definition) is 3. The summed E-state index contributed by atoms with van der Waals surface area (Å²) >= 11 is 6.20. The van der Waals surface area contributed by atoms with Crippen LogP contribution in [0.15, 0.2) is 41.0 Å². The summed E-state index contributed by atoms with van der Waals surface area (Å²) in [5.74, 6) is -0.235. The van der Waals surface area contributed by atoms with Gasteiger partial charge in [-0.3, -0.25) is 9.59 Å². The molecule has 0 radical (unpaired) electrons. The lowest BCUT2D eigenvalue weighted by Gasteiger charge is -2.22. The number of nitrogens with one attached hydrogen (secondary N) is 3. The molecule has 1 aromatic heterocycles. The zero-order valence-electron chi connectivity index (χ0n) is 13.4. The lowest BCUT2D eigenvalue weighted by molar-refractivity contribution is -0.120. The van der Waals surface area contributed by atoms with Crippen LogP contribution in [0.3, 0.4) is 0 Å². The number of carbonyl (C=O) groups is 2. The normalized spacial score (nSPS) is 16.6. The SMILES string of the molecule is Cl.O=C(Nc1ccc(NC(=O)C2CCCNC2)cc1Cl)c1ccco1. The van der Waals surface area contributed by atoms with Gasteiger partial charge in [0.2, 0.25) is 5.91 Å². The summed E-state index contributed by atoms with van der Waals surface area (Å²) in [4.78, 5) is 24.2. The van der Waals surface area contributed by atoms with Crippen molar-refractivity contribution in [2.45, 2.75) is 12.8 Å². The molecule has 1 unspecified atom stereocenters. The highest BCUT2D eigenvalue weighted by Crippen LogP contribution is 2.26. The maximum absolute atomic E-state index is 12.2. The van der Waals surface area contributed by atoms with Crippen LogP contribution in [0.5, 0.6) is 0 Å². The van der Waals surface area contributed by atoms with Crippen molar-refractivity contribution in [1.29, 1.82) is 0 Å². The third kappa shape index (κ3) is 4.98. The number of rotatable bonds is 4. The fourth-order valence-electron chi connectivity index (χ4n) is 2.61. The number of anilines is 2. The number of carbonyl (C=O) groups excluding carboxylic acids is 2. The number of hydrogen-bond acceptors (Lipinski definition) is 4. The first kappa shape index (κ1) is 19.3. The van der Waals surface area contributed by atoms with Crippen molar-refractivity contribution in [3.8, 4) is 0 Å². The molecule has 134 valence electrons. The van der Waals surface area contributed by atoms with Gasteiger partial charge in [0.05, 0.1) is 22.9 Å². The highest BCUT2D eigenvalue weighted by atomic mass is 35.5. The van der Waals surface area contributed by atoms with Gasteiger partial charge in [0.15, 0.2) is 5.76 Å². The Balaban J connectivity index is 0.00000225. The van der Waals surface area contributed by atoms with E-state index in [2.05, 4.69) is 16.0 Å². The summed E-state index contributed by atoms with van der Waals surface area (Å²) in [6.45, 7) is 1.65. The number of amides is 2. The maximum atomic E-state index is 12.2. The molecule has 0 saturated carbocycles. The van der Waals surface area contributed by atoms with Crippen molar-refractivity contribution in [3.05, 3.63) is 47.4 Å². The predicted octanol–water partition coefficient (Wildman–Crippen LogP) is 3.55. The van der Waals surface area contributed by atoms with Gasteiger partial charge >= 0.3 is 0 Å². The van der Waals surface area contributed by atoms with E-state index >= 15 is 0 Å². The molecule has 1 fully saturated rings. The molecule has 1 aromatic carbocycles. The van der Waals surface area contributed by atoms with Crippen molar-refractivity contribution in [1.82, 2.24) is 5.32 Å². The second kappa shape index (κ2) is 8.89. The molecule has 2 heterocycles. The standard InChI is InChI=1S/C17H18ClN3O3.ClH/c18-13-9-12(20-16(22)11-3-1-7-19-10-11)5-6-14(13)21-17(23)15-4-2-8-24-15;/h2,4-6,8-9,11,19H,1,3,7,10H2,(H,20,22)(H,21,23);1H. The Kier molecular flexibility index (Phi) is 6.87. The quantitative estimate of drug-likeness (QED) is 0.753. The number of furan rings is 1. The molecule has 3 N–H and O–H groups in total. The average molecular weight is 384 g/mol. The van der Waals surface area contributed by atoms with E-state index in [1.807, 2.05) is 0 Å². The first-order valence-electron chi connectivity index (χ1n) is 7.79. The molecule has 8 heteroatoms. The second-order valence-electron chi connectivity index (χ2n) is 5.66. The predicted molar refractivity (Wildman–Crippen MR) is 99.6 cm³/mol. The Morgan fingerprint density at radius 2 is 2.08 bits per heavy atom. The van der Waals surface area contributed by atoms with E-state index in [0.717, 1.165) is 19.4 Å². The summed E-state index contributed by atoms with van der Waals surface area (Å²) in [7, 11) is 0. The fraction of sp³-hybridized carbons (Fsp3) is 0.294. The van der Waals surface area contributed by atoms with Crippen LogP contribution in [0.25, 0.3) is 0 Å². The number of halogens is 2. The van der Waals surface area contributed by atoms with Crippen LogP contribution < -0.4 is 16.0 Å². The Morgan fingerprint density at radius 1 is 1.24 bits per heavy atom. The lowest BCUT2D eigenvalue weighted by Crippen LogP contribution is -2.37. The van der Waals surface area contributed by atoms with E-state index in [1.54, 1.807) is 30.3 Å². The van der Waals surface area contributed by atoms with Gasteiger partial charge in [-0.05, 0) is 49.7 Å². The van der Waals surface area contributed by atoms with Gasteiger partial charge < -0.3 is 20.4 Å². The topological polar surface area (TPSA) is 83.4 Å². The summed E-state index contributed by atoms with van der Waals surface area (Å²) < 4.78 is 5.03. The lowest BCUT2D eigenvalue weighted by atomic mass is 9.99. The Morgan fingerprint density at radius 3 is 2.72 bits per heavy atom. The monoisotopic (exact) mass is 383 g/mol. The van der Waals surface area contributed by atoms with Crippen LogP contribution in [0, 0.1) is 5.92 Å². The van der Waals surface area contributed by atoms with Crippen LogP contribution in [-0.4, -0.2) is 24.9 Å². The molecule has 0 aliphatic carbocycles. The summed E-state index contributed by atoms with van der Waals surface area (Å²) in [6.07, 6.45) is 3.30. The minimum absolute atomic E-state index is 0. The first-order chi connectivity index (χ1) is 11.6. The average Bonchev–Trinajstić information content (AvgIpc) is 3.13. The smallest absolute Gasteiger partial charge is 0.291 e. The van der Waals surface area contributed by atoms with Gasteiger partial charge in [-0.2, -0.15) is 0 Å². The molecule has 0 bridgehead atoms. The summed E-state index contributed by atoms with van der Waals surface area (Å²) in [5.41, 5.74) is 1.06. The van der Waals surface area contributed by atoms with Crippen molar-refractivity contribution in [2.24, 2.45) is 5.92 Å². The zero-order chi connectivity index (χ0) is 16.9. The molecule has 1 saturated heterocycles. The third-order valence-corrected chi connectivity index (χ3v) is 4.21. The van der Waals surface area contributed by atoms with Gasteiger partial charge in [0.1, 0.15) is 0 Å². The van der Waals surface area contributed by atoms with Crippen molar-refractivity contribution < 1.29 is 14.0 Å². The molecule has 1 aliphatic rings. The molecule has 25 heavy (non-hydrogen) atoms. The first-order valence-corrected chi connectivity index (χ1v) is 8.17. The largest absolute Gasteiger partial charge is 0.459 e. The van der Waals surface area contributed by atoms with Gasteiger partial charge in [-0.15, -0.1) is 12.4 Å². The van der Waals surface area contributed by atoms with Crippen LogP contribution in [-0.2, 0) is 4.79 Å². The van der Waals surface area contributed by atoms with Gasteiger partial charge in [-0.1, -0.05) is 11.6 Å². The van der Waals surface area contributed by atoms with Crippen LogP contribution in [0.2, 0.25) is 5.02 Å². The molecule has 6 nitrogen and oxygen atoms in total. The third-order valence-electron chi connectivity index (χ3n) is 3.90. The molecular weight excluding hydrogens is 365 g/mol. The molecule has 1 atom stereocenters. The highest BCUT2D eigenvalue weighted by molar-refractivity contribution is 6.34. The highest BCUT2D eigenvalue weighted by Gasteiger charge is 2.21. The molecule has 2 aromatic rings. The molecular formula is C17H19Cl2N3O3. The Hall–Kier alpha value is -2.02.